The third kappa shape index (κ3) is 23.4. The molecule has 0 spiro atoms. The zero-order chi connectivity index (χ0) is 38.8. The van der Waals surface area contributed by atoms with Gasteiger partial charge in [-0.3, -0.25) is 19.2 Å². The molecular weight excluding hydrogens is 684 g/mol. The van der Waals surface area contributed by atoms with Gasteiger partial charge in [0.2, 0.25) is 17.7 Å². The van der Waals surface area contributed by atoms with Gasteiger partial charge in [0.05, 0.1) is 66.1 Å². The van der Waals surface area contributed by atoms with Crippen molar-refractivity contribution >= 4 is 35.5 Å². The van der Waals surface area contributed by atoms with Gasteiger partial charge in [0.15, 0.2) is 0 Å². The van der Waals surface area contributed by atoms with E-state index < -0.39 is 47.5 Å². The molecule has 2 atom stereocenters. The molecule has 0 radical (unpaired) electrons. The van der Waals surface area contributed by atoms with Crippen LogP contribution in [0.25, 0.3) is 0 Å². The molecule has 0 fully saturated rings. The topological polar surface area (TPSA) is 247 Å². The molecule has 296 valence electrons. The summed E-state index contributed by atoms with van der Waals surface area (Å²) in [6.07, 6.45) is -0.125. The Morgan fingerprint density at radius 3 is 1.87 bits per heavy atom. The normalized spacial score (nSPS) is 12.4. The largest absolute Gasteiger partial charge is 0.442 e. The minimum absolute atomic E-state index is 0.00819. The molecule has 0 aliphatic carbocycles. The van der Waals surface area contributed by atoms with E-state index >= 15 is 0 Å². The Bertz CT molecular complexity index is 1200. The van der Waals surface area contributed by atoms with Gasteiger partial charge >= 0.3 is 12.1 Å². The van der Waals surface area contributed by atoms with E-state index in [4.69, 9.17) is 34.3 Å². The van der Waals surface area contributed by atoms with Gasteiger partial charge in [-0.1, -0.05) is 26.0 Å². The van der Waals surface area contributed by atoms with Crippen LogP contribution in [0.15, 0.2) is 24.3 Å². The molecule has 0 saturated carbocycles. The van der Waals surface area contributed by atoms with Crippen LogP contribution in [0.1, 0.15) is 59.4 Å². The van der Waals surface area contributed by atoms with Gasteiger partial charge < -0.3 is 55.8 Å². The van der Waals surface area contributed by atoms with E-state index in [0.29, 0.717) is 50.7 Å². The van der Waals surface area contributed by atoms with Gasteiger partial charge in [0.25, 0.3) is 0 Å². The number of hydroxylamine groups is 1. The van der Waals surface area contributed by atoms with E-state index in [9.17, 15) is 29.1 Å². The van der Waals surface area contributed by atoms with Crippen LogP contribution >= 0.6 is 0 Å². The second-order valence-electron chi connectivity index (χ2n) is 12.8. The lowest BCUT2D eigenvalue weighted by molar-refractivity contribution is -0.132. The molecule has 0 aliphatic heterocycles. The van der Waals surface area contributed by atoms with E-state index in [1.807, 2.05) is 0 Å². The monoisotopic (exact) mass is 742 g/mol. The zero-order valence-corrected chi connectivity index (χ0v) is 31.0. The highest BCUT2D eigenvalue weighted by molar-refractivity contribution is 5.98. The molecule has 0 aliphatic rings. The molecule has 8 N–H and O–H groups in total. The van der Waals surface area contributed by atoms with Crippen LogP contribution in [0.5, 0.6) is 0 Å². The SMILES string of the molecule is CC(C)[C@H](NC(=O)CCOCCOCCOCCOCCONC(=O)OC(C)(C)C)C(=O)N[C@@H](CCCNC(N)=O)C(=O)Nc1ccc(CO)cc1. The van der Waals surface area contributed by atoms with Crippen molar-refractivity contribution in [3.63, 3.8) is 0 Å². The van der Waals surface area contributed by atoms with E-state index in [1.54, 1.807) is 58.9 Å². The standard InChI is InChI=1S/C34H58N6O12/c1-24(2)29(31(44)38-27(7-6-13-36-32(35)45)30(43)37-26-10-8-25(23-41)9-11-26)39-28(42)12-14-47-15-16-48-17-18-49-19-20-50-21-22-51-40-33(46)52-34(3,4)5/h8-11,24,27,29,41H,6-7,12-23H2,1-5H3,(H,37,43)(H,38,44)(H,39,42)(H,40,46)(H3,35,36,45)/t27-,29-/m0/s1. The molecular formula is C34H58N6O12. The third-order valence-corrected chi connectivity index (χ3v) is 6.75. The molecule has 0 bridgehead atoms. The Hall–Kier alpha value is -4.07. The molecule has 1 rings (SSSR count). The summed E-state index contributed by atoms with van der Waals surface area (Å²) >= 11 is 0. The smallest absolute Gasteiger partial charge is 0.431 e. The molecule has 0 saturated heterocycles. The second kappa shape index (κ2) is 26.7. The summed E-state index contributed by atoms with van der Waals surface area (Å²) in [5.74, 6) is -1.71. The number of amides is 6. The number of carbonyl (C=O) groups excluding carboxylic acids is 5. The number of hydrogen-bond acceptors (Lipinski definition) is 12. The van der Waals surface area contributed by atoms with E-state index in [0.717, 1.165) is 0 Å². The molecule has 0 unspecified atom stereocenters. The number of carbonyl (C=O) groups is 5. The van der Waals surface area contributed by atoms with Crippen LogP contribution in [-0.4, -0.2) is 119 Å². The molecule has 18 nitrogen and oxygen atoms in total. The maximum Gasteiger partial charge on any atom is 0.431 e. The number of hydrogen-bond donors (Lipinski definition) is 7. The first-order valence-corrected chi connectivity index (χ1v) is 17.3. The van der Waals surface area contributed by atoms with Crippen molar-refractivity contribution < 1.29 is 57.6 Å². The maximum atomic E-state index is 13.3. The fourth-order valence-electron chi connectivity index (χ4n) is 4.19. The lowest BCUT2D eigenvalue weighted by Gasteiger charge is -2.25. The van der Waals surface area contributed by atoms with Crippen molar-refractivity contribution in [2.75, 3.05) is 71.3 Å². The number of nitrogens with one attached hydrogen (secondary N) is 5. The van der Waals surface area contributed by atoms with Crippen molar-refractivity contribution in [1.82, 2.24) is 21.4 Å². The molecule has 6 amide bonds. The van der Waals surface area contributed by atoms with E-state index in [2.05, 4.69) is 26.7 Å². The van der Waals surface area contributed by atoms with Gasteiger partial charge in [0.1, 0.15) is 17.7 Å². The number of aliphatic hydroxyl groups is 1. The predicted octanol–water partition coefficient (Wildman–Crippen LogP) is 1.10. The van der Waals surface area contributed by atoms with Gasteiger partial charge in [-0.2, -0.15) is 5.48 Å². The van der Waals surface area contributed by atoms with Crippen molar-refractivity contribution in [2.24, 2.45) is 11.7 Å². The minimum Gasteiger partial charge on any atom is -0.442 e. The summed E-state index contributed by atoms with van der Waals surface area (Å²) in [5, 5.41) is 19.9. The Morgan fingerprint density at radius 1 is 0.788 bits per heavy atom. The molecule has 18 heteroatoms. The maximum absolute atomic E-state index is 13.3. The lowest BCUT2D eigenvalue weighted by atomic mass is 10.0. The summed E-state index contributed by atoms with van der Waals surface area (Å²) in [6, 6.07) is 4.00. The Labute approximate surface area is 305 Å². The molecule has 52 heavy (non-hydrogen) atoms. The fourth-order valence-corrected chi connectivity index (χ4v) is 4.19. The van der Waals surface area contributed by atoms with Crippen molar-refractivity contribution in [3.8, 4) is 0 Å². The van der Waals surface area contributed by atoms with E-state index in [-0.39, 0.29) is 58.3 Å². The number of anilines is 1. The van der Waals surface area contributed by atoms with Gasteiger partial charge in [-0.25, -0.2) is 9.59 Å². The summed E-state index contributed by atoms with van der Waals surface area (Å²) < 4.78 is 26.7. The lowest BCUT2D eigenvalue weighted by Crippen LogP contribution is -2.54. The van der Waals surface area contributed by atoms with Crippen molar-refractivity contribution in [2.45, 2.75) is 78.2 Å². The summed E-state index contributed by atoms with van der Waals surface area (Å²) in [7, 11) is 0. The average Bonchev–Trinajstić information content (AvgIpc) is 3.07. The first kappa shape index (κ1) is 46.0. The van der Waals surface area contributed by atoms with Crippen LogP contribution in [0, 0.1) is 5.92 Å². The number of aliphatic hydroxyl groups excluding tert-OH is 1. The predicted molar refractivity (Wildman–Crippen MR) is 190 cm³/mol. The van der Waals surface area contributed by atoms with Crippen molar-refractivity contribution in [3.05, 3.63) is 29.8 Å². The fraction of sp³-hybridized carbons (Fsp3) is 0.676. The number of nitrogens with two attached hydrogens (primary N) is 1. The Balaban J connectivity index is 2.30. The van der Waals surface area contributed by atoms with Gasteiger partial charge in [-0.15, -0.1) is 0 Å². The number of primary amides is 1. The Morgan fingerprint density at radius 2 is 1.35 bits per heavy atom. The van der Waals surface area contributed by atoms with E-state index in [1.165, 1.54) is 0 Å². The molecule has 0 aromatic heterocycles. The van der Waals surface area contributed by atoms with Crippen LogP contribution in [0.4, 0.5) is 15.3 Å². The Kier molecular flexibility index (Phi) is 23.6. The summed E-state index contributed by atoms with van der Waals surface area (Å²) in [6.45, 7) is 11.3. The highest BCUT2D eigenvalue weighted by atomic mass is 16.7. The van der Waals surface area contributed by atoms with Crippen LogP contribution in [0.3, 0.4) is 0 Å². The third-order valence-electron chi connectivity index (χ3n) is 6.75. The highest BCUT2D eigenvalue weighted by Crippen LogP contribution is 2.12. The summed E-state index contributed by atoms with van der Waals surface area (Å²) in [4.78, 5) is 66.5. The quantitative estimate of drug-likeness (QED) is 0.0495. The number of rotatable bonds is 27. The molecule has 0 heterocycles. The van der Waals surface area contributed by atoms with Gasteiger partial charge in [0, 0.05) is 18.7 Å². The first-order chi connectivity index (χ1) is 24.7. The number of benzene rings is 1. The number of ether oxygens (including phenoxy) is 5. The minimum atomic E-state index is -0.971. The molecule has 1 aromatic rings. The second-order valence-corrected chi connectivity index (χ2v) is 12.8. The average molecular weight is 743 g/mol. The number of urea groups is 1. The van der Waals surface area contributed by atoms with Crippen LogP contribution < -0.4 is 32.5 Å². The van der Waals surface area contributed by atoms with Crippen LogP contribution in [-0.2, 0) is 49.5 Å². The van der Waals surface area contributed by atoms with Gasteiger partial charge in [-0.05, 0) is 57.2 Å². The highest BCUT2D eigenvalue weighted by Gasteiger charge is 2.29. The van der Waals surface area contributed by atoms with Crippen LogP contribution in [0.2, 0.25) is 0 Å². The van der Waals surface area contributed by atoms with Crippen molar-refractivity contribution in [1.29, 1.82) is 0 Å². The zero-order valence-electron chi connectivity index (χ0n) is 31.0. The molecule has 1 aromatic carbocycles. The summed E-state index contributed by atoms with van der Waals surface area (Å²) in [5.41, 5.74) is 7.83. The first-order valence-electron chi connectivity index (χ1n) is 17.3.